The second-order valence-electron chi connectivity index (χ2n) is 10.5. The molecule has 9 nitrogen and oxygen atoms in total. The number of hydrogen-bond donors (Lipinski definition) is 4. The Hall–Kier alpha value is -4.28. The minimum Gasteiger partial charge on any atom is -0.456 e. The summed E-state index contributed by atoms with van der Waals surface area (Å²) in [5.41, 5.74) is 14.1. The van der Waals surface area contributed by atoms with Gasteiger partial charge in [0.05, 0.1) is 23.4 Å². The van der Waals surface area contributed by atoms with Crippen molar-refractivity contribution >= 4 is 46.5 Å². The van der Waals surface area contributed by atoms with E-state index in [2.05, 4.69) is 10.6 Å². The molecule has 1 aliphatic rings. The van der Waals surface area contributed by atoms with Crippen LogP contribution in [0.1, 0.15) is 59.8 Å². The summed E-state index contributed by atoms with van der Waals surface area (Å²) < 4.78 is 19.6. The number of nitrogen functional groups attached to an aromatic ring is 1. The first kappa shape index (κ1) is 29.7. The van der Waals surface area contributed by atoms with Crippen LogP contribution in [-0.4, -0.2) is 35.1 Å². The van der Waals surface area contributed by atoms with Gasteiger partial charge in [-0.05, 0) is 56.7 Å². The van der Waals surface area contributed by atoms with Crippen molar-refractivity contribution in [1.82, 2.24) is 5.32 Å². The van der Waals surface area contributed by atoms with Gasteiger partial charge in [-0.3, -0.25) is 14.6 Å². The van der Waals surface area contributed by atoms with E-state index in [1.54, 1.807) is 63.2 Å². The molecule has 11 heteroatoms. The van der Waals surface area contributed by atoms with Crippen LogP contribution in [0.4, 0.5) is 15.8 Å². The SMILES string of the molecule is CC(C)(C)OC(=O)c1c(N)ccc(C2=NC(CC(=O)NCc3ccccc3F)C(=O)Nc3ccc(Cl)cc32)c1CN. The predicted molar refractivity (Wildman–Crippen MR) is 156 cm³/mol. The summed E-state index contributed by atoms with van der Waals surface area (Å²) in [6, 6.07) is 13.0. The third-order valence-corrected chi connectivity index (χ3v) is 6.54. The first-order valence-electron chi connectivity index (χ1n) is 12.9. The van der Waals surface area contributed by atoms with Crippen molar-refractivity contribution in [3.63, 3.8) is 0 Å². The fourth-order valence-corrected chi connectivity index (χ4v) is 4.60. The van der Waals surface area contributed by atoms with Crippen LogP contribution >= 0.6 is 11.6 Å². The van der Waals surface area contributed by atoms with E-state index >= 15 is 0 Å². The molecule has 0 saturated carbocycles. The smallest absolute Gasteiger partial charge is 0.341 e. The number of benzodiazepines with no additional fused rings is 1. The Kier molecular flexibility index (Phi) is 8.74. The molecule has 0 bridgehead atoms. The largest absolute Gasteiger partial charge is 0.456 e. The number of carbonyl (C=O) groups is 3. The molecule has 0 aliphatic carbocycles. The summed E-state index contributed by atoms with van der Waals surface area (Å²) in [6.45, 7) is 5.05. The maximum absolute atomic E-state index is 14.0. The lowest BCUT2D eigenvalue weighted by atomic mass is 9.92. The number of amides is 2. The van der Waals surface area contributed by atoms with Crippen molar-refractivity contribution in [2.45, 2.75) is 51.9 Å². The van der Waals surface area contributed by atoms with Crippen molar-refractivity contribution in [2.24, 2.45) is 10.7 Å². The molecule has 2 amide bonds. The molecule has 4 rings (SSSR count). The van der Waals surface area contributed by atoms with E-state index < -0.39 is 35.2 Å². The van der Waals surface area contributed by atoms with Crippen LogP contribution in [0, 0.1) is 5.82 Å². The van der Waals surface area contributed by atoms with E-state index in [4.69, 9.17) is 32.8 Å². The van der Waals surface area contributed by atoms with Crippen molar-refractivity contribution in [1.29, 1.82) is 0 Å². The van der Waals surface area contributed by atoms with E-state index in [0.29, 0.717) is 33.0 Å². The molecule has 3 aromatic carbocycles. The van der Waals surface area contributed by atoms with Crippen LogP contribution in [0.25, 0.3) is 0 Å². The molecule has 1 aliphatic heterocycles. The molecule has 1 atom stereocenters. The number of rotatable bonds is 7. The number of nitrogens with one attached hydrogen (secondary N) is 2. The number of benzene rings is 3. The Balaban J connectivity index is 1.77. The maximum atomic E-state index is 14.0. The van der Waals surface area contributed by atoms with Gasteiger partial charge in [-0.25, -0.2) is 9.18 Å². The number of anilines is 2. The Morgan fingerprint density at radius 3 is 2.54 bits per heavy atom. The zero-order valence-corrected chi connectivity index (χ0v) is 23.6. The van der Waals surface area contributed by atoms with Gasteiger partial charge in [0, 0.05) is 40.5 Å². The number of aliphatic imine (C=N–C) groups is 1. The lowest BCUT2D eigenvalue weighted by Gasteiger charge is -2.23. The molecule has 214 valence electrons. The number of ether oxygens (including phenoxy) is 1. The first-order chi connectivity index (χ1) is 19.4. The number of halogens is 2. The lowest BCUT2D eigenvalue weighted by Crippen LogP contribution is -2.33. The fourth-order valence-electron chi connectivity index (χ4n) is 4.43. The van der Waals surface area contributed by atoms with Crippen molar-refractivity contribution in [3.05, 3.63) is 93.3 Å². The van der Waals surface area contributed by atoms with E-state index in [1.807, 2.05) is 0 Å². The fraction of sp³-hybridized carbons (Fsp3) is 0.267. The first-order valence-corrected chi connectivity index (χ1v) is 13.3. The molecular weight excluding hydrogens is 549 g/mol. The number of carbonyl (C=O) groups excluding carboxylic acids is 3. The van der Waals surface area contributed by atoms with Crippen LogP contribution < -0.4 is 22.1 Å². The van der Waals surface area contributed by atoms with Crippen molar-refractivity contribution < 1.29 is 23.5 Å². The normalized spacial score (nSPS) is 14.8. The molecule has 6 N–H and O–H groups in total. The average molecular weight is 580 g/mol. The van der Waals surface area contributed by atoms with E-state index in [0.717, 1.165) is 0 Å². The van der Waals surface area contributed by atoms with Crippen LogP contribution in [0.3, 0.4) is 0 Å². The lowest BCUT2D eigenvalue weighted by molar-refractivity contribution is -0.125. The van der Waals surface area contributed by atoms with E-state index in [9.17, 15) is 18.8 Å². The quantitative estimate of drug-likeness (QED) is 0.242. The summed E-state index contributed by atoms with van der Waals surface area (Å²) in [6.07, 6.45) is -0.322. The number of nitrogens with two attached hydrogens (primary N) is 2. The Morgan fingerprint density at radius 1 is 1.12 bits per heavy atom. The van der Waals surface area contributed by atoms with Gasteiger partial charge in [-0.1, -0.05) is 35.9 Å². The van der Waals surface area contributed by atoms with Crippen molar-refractivity contribution in [3.8, 4) is 0 Å². The number of nitrogens with zero attached hydrogens (tertiary/aromatic N) is 1. The van der Waals surface area contributed by atoms with Gasteiger partial charge in [0.15, 0.2) is 0 Å². The van der Waals surface area contributed by atoms with Gasteiger partial charge < -0.3 is 26.8 Å². The summed E-state index contributed by atoms with van der Waals surface area (Å²) in [7, 11) is 0. The molecule has 0 radical (unpaired) electrons. The van der Waals surface area contributed by atoms with Gasteiger partial charge in [0.1, 0.15) is 17.5 Å². The molecule has 0 spiro atoms. The predicted octanol–water partition coefficient (Wildman–Crippen LogP) is 4.34. The van der Waals surface area contributed by atoms with E-state index in [1.165, 1.54) is 12.1 Å². The van der Waals surface area contributed by atoms with Gasteiger partial charge in [0.2, 0.25) is 11.8 Å². The van der Waals surface area contributed by atoms with Gasteiger partial charge in [0.25, 0.3) is 0 Å². The minimum absolute atomic E-state index is 0.0548. The van der Waals surface area contributed by atoms with Gasteiger partial charge in [-0.2, -0.15) is 0 Å². The number of hydrogen-bond acceptors (Lipinski definition) is 7. The highest BCUT2D eigenvalue weighted by atomic mass is 35.5. The molecule has 3 aromatic rings. The third-order valence-electron chi connectivity index (χ3n) is 6.30. The van der Waals surface area contributed by atoms with Gasteiger partial charge >= 0.3 is 5.97 Å². The standard InChI is InChI=1S/C30H31ClFN5O4/c1-30(2,3)41-29(40)26-20(14-33)18(9-10-22(26)34)27-19-12-17(31)8-11-23(19)37-28(39)24(36-27)13-25(38)35-15-16-6-4-5-7-21(16)32/h4-12,24H,13-15,33-34H2,1-3H3,(H,35,38)(H,37,39). The van der Waals surface area contributed by atoms with Crippen molar-refractivity contribution in [2.75, 3.05) is 11.1 Å². The monoisotopic (exact) mass is 579 g/mol. The summed E-state index contributed by atoms with van der Waals surface area (Å²) in [5, 5.41) is 5.83. The van der Waals surface area contributed by atoms with Crippen LogP contribution in [0.2, 0.25) is 5.02 Å². The van der Waals surface area contributed by atoms with E-state index in [-0.39, 0.29) is 36.5 Å². The minimum atomic E-state index is -1.16. The highest BCUT2D eigenvalue weighted by Gasteiger charge is 2.31. The Morgan fingerprint density at radius 2 is 1.85 bits per heavy atom. The van der Waals surface area contributed by atoms with Crippen LogP contribution in [0.5, 0.6) is 0 Å². The van der Waals surface area contributed by atoms with Crippen LogP contribution in [-0.2, 0) is 27.4 Å². The molecule has 1 heterocycles. The second-order valence-corrected chi connectivity index (χ2v) is 10.9. The zero-order chi connectivity index (χ0) is 29.9. The summed E-state index contributed by atoms with van der Waals surface area (Å²) in [4.78, 5) is 44.0. The van der Waals surface area contributed by atoms with Crippen LogP contribution in [0.15, 0.2) is 59.6 Å². The molecule has 41 heavy (non-hydrogen) atoms. The second kappa shape index (κ2) is 12.1. The number of fused-ring (bicyclic) bond motifs is 1. The molecule has 0 aromatic heterocycles. The zero-order valence-electron chi connectivity index (χ0n) is 22.9. The average Bonchev–Trinajstić information content (AvgIpc) is 3.02. The highest BCUT2D eigenvalue weighted by molar-refractivity contribution is 6.32. The molecule has 0 saturated heterocycles. The Bertz CT molecular complexity index is 1550. The third kappa shape index (κ3) is 6.90. The van der Waals surface area contributed by atoms with Gasteiger partial charge in [-0.15, -0.1) is 0 Å². The molecular formula is C30H31ClFN5O4. The maximum Gasteiger partial charge on any atom is 0.341 e. The Labute approximate surface area is 242 Å². The summed E-state index contributed by atoms with van der Waals surface area (Å²) in [5.74, 6) is -2.14. The molecule has 0 fully saturated rings. The number of esters is 1. The topological polar surface area (TPSA) is 149 Å². The highest BCUT2D eigenvalue weighted by Crippen LogP contribution is 2.32. The molecule has 1 unspecified atom stereocenters. The summed E-state index contributed by atoms with van der Waals surface area (Å²) >= 11 is 6.32.